The first-order valence-corrected chi connectivity index (χ1v) is 6.50. The number of aromatic nitrogens is 1. The van der Waals surface area contributed by atoms with Crippen molar-refractivity contribution in [2.75, 3.05) is 0 Å². The molecule has 0 amide bonds. The van der Waals surface area contributed by atoms with Crippen LogP contribution >= 0.6 is 11.6 Å². The summed E-state index contributed by atoms with van der Waals surface area (Å²) in [5.74, 6) is -0.526. The van der Waals surface area contributed by atoms with Crippen LogP contribution in [0.4, 0.5) is 4.39 Å². The van der Waals surface area contributed by atoms with Crippen molar-refractivity contribution in [2.45, 2.75) is 32.4 Å². The van der Waals surface area contributed by atoms with Crippen LogP contribution in [0.1, 0.15) is 33.4 Å². The van der Waals surface area contributed by atoms with Crippen molar-refractivity contribution in [3.05, 3.63) is 28.8 Å². The Labute approximate surface area is 108 Å². The molecular weight excluding hydrogens is 263 g/mol. The fourth-order valence-corrected chi connectivity index (χ4v) is 1.73. The first kappa shape index (κ1) is 14.3. The van der Waals surface area contributed by atoms with Crippen LogP contribution in [0.5, 0.6) is 0 Å². The van der Waals surface area contributed by atoms with Gasteiger partial charge in [0.25, 0.3) is 0 Å². The Morgan fingerprint density at radius 2 is 2.06 bits per heavy atom. The second kappa shape index (κ2) is 5.23. The standard InChI is InChI=1S/C11H14ClFN2OS/c1-7(15-17(16)11(2,3)4)10-8(13)5-6-9(12)14-10/h5-6H,1-4H3/t17-/m1/s1. The molecule has 3 nitrogen and oxygen atoms in total. The fraction of sp³-hybridized carbons (Fsp3) is 0.455. The molecule has 94 valence electrons. The molecule has 1 heterocycles. The Balaban J connectivity index is 3.12. The van der Waals surface area contributed by atoms with Crippen molar-refractivity contribution in [3.8, 4) is 0 Å². The van der Waals surface area contributed by atoms with Gasteiger partial charge in [0.05, 0.1) is 10.5 Å². The van der Waals surface area contributed by atoms with Gasteiger partial charge in [0, 0.05) is 0 Å². The van der Waals surface area contributed by atoms with Crippen molar-refractivity contribution >= 4 is 28.3 Å². The zero-order valence-electron chi connectivity index (χ0n) is 10.1. The van der Waals surface area contributed by atoms with Crippen LogP contribution in [-0.2, 0) is 11.0 Å². The van der Waals surface area contributed by atoms with E-state index in [1.54, 1.807) is 27.7 Å². The summed E-state index contributed by atoms with van der Waals surface area (Å²) in [5, 5.41) is 0.178. The molecule has 6 heteroatoms. The summed E-state index contributed by atoms with van der Waals surface area (Å²) in [4.78, 5) is 3.83. The highest BCUT2D eigenvalue weighted by molar-refractivity contribution is 7.85. The number of rotatable bonds is 2. The molecule has 0 N–H and O–H groups in total. The Morgan fingerprint density at radius 1 is 1.47 bits per heavy atom. The maximum Gasteiger partial charge on any atom is 0.150 e. The van der Waals surface area contributed by atoms with E-state index in [0.29, 0.717) is 0 Å². The largest absolute Gasteiger partial charge is 0.234 e. The number of hydrogen-bond donors (Lipinski definition) is 0. The van der Waals surface area contributed by atoms with Crippen molar-refractivity contribution in [1.82, 2.24) is 4.98 Å². The molecule has 0 saturated heterocycles. The average Bonchev–Trinajstić information content (AvgIpc) is 2.20. The first-order chi connectivity index (χ1) is 7.71. The lowest BCUT2D eigenvalue weighted by atomic mass is 10.2. The third-order valence-electron chi connectivity index (χ3n) is 1.90. The third kappa shape index (κ3) is 3.85. The van der Waals surface area contributed by atoms with Crippen molar-refractivity contribution in [2.24, 2.45) is 4.40 Å². The van der Waals surface area contributed by atoms with Gasteiger partial charge in [-0.05, 0) is 39.8 Å². The van der Waals surface area contributed by atoms with Gasteiger partial charge in [0.15, 0.2) is 5.82 Å². The second-order valence-corrected chi connectivity index (χ2v) is 6.80. The van der Waals surface area contributed by atoms with Crippen LogP contribution in [0, 0.1) is 5.82 Å². The van der Waals surface area contributed by atoms with E-state index in [1.807, 2.05) is 0 Å². The van der Waals surface area contributed by atoms with Crippen molar-refractivity contribution in [1.29, 1.82) is 0 Å². The van der Waals surface area contributed by atoms with E-state index >= 15 is 0 Å². The smallest absolute Gasteiger partial charge is 0.150 e. The minimum Gasteiger partial charge on any atom is -0.234 e. The molecular formula is C11H14ClFN2OS. The van der Waals surface area contributed by atoms with Gasteiger partial charge in [-0.3, -0.25) is 0 Å². The summed E-state index contributed by atoms with van der Waals surface area (Å²) in [6.45, 7) is 6.94. The maximum atomic E-state index is 13.5. The summed E-state index contributed by atoms with van der Waals surface area (Å²) < 4.78 is 28.7. The van der Waals surface area contributed by atoms with E-state index in [2.05, 4.69) is 9.38 Å². The van der Waals surface area contributed by atoms with E-state index in [0.717, 1.165) is 0 Å². The molecule has 0 spiro atoms. The summed E-state index contributed by atoms with van der Waals surface area (Å²) >= 11 is 5.68. The molecule has 0 aliphatic heterocycles. The molecule has 1 aromatic heterocycles. The van der Waals surface area contributed by atoms with E-state index in [1.165, 1.54) is 12.1 Å². The van der Waals surface area contributed by atoms with Gasteiger partial charge in [0.1, 0.15) is 21.8 Å². The lowest BCUT2D eigenvalue weighted by Gasteiger charge is -2.14. The van der Waals surface area contributed by atoms with Gasteiger partial charge in [-0.1, -0.05) is 11.6 Å². The van der Waals surface area contributed by atoms with E-state index in [-0.39, 0.29) is 16.6 Å². The minimum atomic E-state index is -1.44. The molecule has 0 aliphatic carbocycles. The molecule has 0 fully saturated rings. The summed E-state index contributed by atoms with van der Waals surface area (Å²) in [7, 11) is -1.44. The predicted molar refractivity (Wildman–Crippen MR) is 69.3 cm³/mol. The van der Waals surface area contributed by atoms with E-state index < -0.39 is 21.5 Å². The molecule has 0 radical (unpaired) electrons. The van der Waals surface area contributed by atoms with Crippen LogP contribution in [0.2, 0.25) is 5.15 Å². The number of nitrogens with zero attached hydrogens (tertiary/aromatic N) is 2. The number of halogens is 2. The van der Waals surface area contributed by atoms with Gasteiger partial charge >= 0.3 is 0 Å². The number of pyridine rings is 1. The summed E-state index contributed by atoms with van der Waals surface area (Å²) in [6.07, 6.45) is 0. The molecule has 0 saturated carbocycles. The van der Waals surface area contributed by atoms with Crippen molar-refractivity contribution in [3.63, 3.8) is 0 Å². The topological polar surface area (TPSA) is 42.3 Å². The average molecular weight is 277 g/mol. The summed E-state index contributed by atoms with van der Waals surface area (Å²) in [6, 6.07) is 2.57. The lowest BCUT2D eigenvalue weighted by molar-refractivity contribution is 0.618. The normalized spacial score (nSPS) is 14.8. The number of hydrogen-bond acceptors (Lipinski definition) is 2. The molecule has 17 heavy (non-hydrogen) atoms. The van der Waals surface area contributed by atoms with Crippen molar-refractivity contribution < 1.29 is 8.60 Å². The lowest BCUT2D eigenvalue weighted by Crippen LogP contribution is -2.21. The first-order valence-electron chi connectivity index (χ1n) is 5.01. The molecule has 1 rings (SSSR count). The highest BCUT2D eigenvalue weighted by atomic mass is 35.5. The fourth-order valence-electron chi connectivity index (χ4n) is 0.977. The van der Waals surface area contributed by atoms with Gasteiger partial charge in [-0.15, -0.1) is 0 Å². The minimum absolute atomic E-state index is 0.0371. The Bertz CT molecular complexity index is 483. The highest BCUT2D eigenvalue weighted by Crippen LogP contribution is 2.15. The van der Waals surface area contributed by atoms with E-state index in [9.17, 15) is 8.60 Å². The zero-order chi connectivity index (χ0) is 13.2. The maximum absolute atomic E-state index is 13.5. The zero-order valence-corrected chi connectivity index (χ0v) is 11.7. The predicted octanol–water partition coefficient (Wildman–Crippen LogP) is 3.15. The molecule has 0 unspecified atom stereocenters. The third-order valence-corrected chi connectivity index (χ3v) is 3.60. The molecule has 0 aliphatic rings. The Morgan fingerprint density at radius 3 is 2.59 bits per heavy atom. The van der Waals surface area contributed by atoms with Gasteiger partial charge < -0.3 is 0 Å². The van der Waals surface area contributed by atoms with Crippen LogP contribution in [0.15, 0.2) is 16.5 Å². The van der Waals surface area contributed by atoms with E-state index in [4.69, 9.17) is 11.6 Å². The van der Waals surface area contributed by atoms with Crippen LogP contribution < -0.4 is 0 Å². The quantitative estimate of drug-likeness (QED) is 0.615. The Kier molecular flexibility index (Phi) is 4.38. The van der Waals surface area contributed by atoms with Crippen LogP contribution in [0.3, 0.4) is 0 Å². The monoisotopic (exact) mass is 276 g/mol. The summed E-state index contributed by atoms with van der Waals surface area (Å²) in [5.41, 5.74) is 0.313. The highest BCUT2D eigenvalue weighted by Gasteiger charge is 2.20. The van der Waals surface area contributed by atoms with Crippen LogP contribution in [-0.4, -0.2) is 19.7 Å². The van der Waals surface area contributed by atoms with Gasteiger partial charge in [0.2, 0.25) is 0 Å². The SMILES string of the molecule is CC(=N[S@](=O)C(C)(C)C)c1nc(Cl)ccc1F. The second-order valence-electron chi connectivity index (χ2n) is 4.50. The van der Waals surface area contributed by atoms with Gasteiger partial charge in [-0.25, -0.2) is 13.6 Å². The molecule has 0 aromatic carbocycles. The Hall–Kier alpha value is -0.810. The molecule has 1 aromatic rings. The molecule has 1 atom stereocenters. The van der Waals surface area contributed by atoms with Gasteiger partial charge in [-0.2, -0.15) is 4.40 Å². The molecule has 0 bridgehead atoms. The van der Waals surface area contributed by atoms with Crippen LogP contribution in [0.25, 0.3) is 0 Å².